The lowest BCUT2D eigenvalue weighted by Gasteiger charge is -2.24. The third-order valence-corrected chi connectivity index (χ3v) is 7.87. The van der Waals surface area contributed by atoms with E-state index in [9.17, 15) is 0 Å². The zero-order chi connectivity index (χ0) is 25.5. The van der Waals surface area contributed by atoms with Gasteiger partial charge in [0.25, 0.3) is 0 Å². The zero-order valence-corrected chi connectivity index (χ0v) is 22.1. The summed E-state index contributed by atoms with van der Waals surface area (Å²) in [6, 6.07) is 21.8. The fraction of sp³-hybridized carbons (Fsp3) is 0.281. The molecule has 188 valence electrons. The summed E-state index contributed by atoms with van der Waals surface area (Å²) in [6.45, 7) is 12.1. The van der Waals surface area contributed by atoms with Crippen molar-refractivity contribution in [2.45, 2.75) is 34.2 Å². The summed E-state index contributed by atoms with van der Waals surface area (Å²) in [5, 5.41) is 5.92. The van der Waals surface area contributed by atoms with Crippen LogP contribution in [0.3, 0.4) is 0 Å². The molecule has 4 aromatic rings. The van der Waals surface area contributed by atoms with E-state index in [2.05, 4.69) is 115 Å². The number of hydrogen-bond donors (Lipinski definition) is 2. The number of ether oxygens (including phenoxy) is 1. The number of benzene rings is 3. The summed E-state index contributed by atoms with van der Waals surface area (Å²) >= 11 is 0. The highest BCUT2D eigenvalue weighted by molar-refractivity contribution is 5.83. The predicted molar refractivity (Wildman–Crippen MR) is 153 cm³/mol. The predicted octanol–water partition coefficient (Wildman–Crippen LogP) is 5.43. The molecule has 5 heteroatoms. The fourth-order valence-corrected chi connectivity index (χ4v) is 5.52. The van der Waals surface area contributed by atoms with Gasteiger partial charge in [-0.15, -0.1) is 0 Å². The largest absolute Gasteiger partial charge is 0.491 e. The van der Waals surface area contributed by atoms with Crippen LogP contribution in [0.4, 0.5) is 5.95 Å². The second kappa shape index (κ2) is 9.47. The first-order chi connectivity index (χ1) is 18.0. The highest BCUT2D eigenvalue weighted by atomic mass is 16.5. The van der Waals surface area contributed by atoms with Gasteiger partial charge in [-0.3, -0.25) is 0 Å². The van der Waals surface area contributed by atoms with E-state index in [1.165, 1.54) is 44.0 Å². The summed E-state index contributed by atoms with van der Waals surface area (Å²) in [5.41, 5.74) is 9.67. The third-order valence-electron chi connectivity index (χ3n) is 7.87. The number of aromatic amines is 1. The number of nitrogens with zero attached hydrogens (tertiary/aromatic N) is 2. The van der Waals surface area contributed by atoms with Crippen LogP contribution in [0.15, 0.2) is 72.3 Å². The quantitative estimate of drug-likeness (QED) is 0.401. The minimum Gasteiger partial charge on any atom is -0.491 e. The average molecular weight is 491 g/mol. The minimum atomic E-state index is 0.422. The highest BCUT2D eigenvalue weighted by Crippen LogP contribution is 2.32. The van der Waals surface area contributed by atoms with E-state index >= 15 is 0 Å². The molecule has 2 aliphatic rings. The zero-order valence-electron chi connectivity index (χ0n) is 22.1. The van der Waals surface area contributed by atoms with E-state index in [0.29, 0.717) is 12.5 Å². The number of anilines is 1. The molecule has 1 atom stereocenters. The first-order valence-corrected chi connectivity index (χ1v) is 13.2. The summed E-state index contributed by atoms with van der Waals surface area (Å²) in [4.78, 5) is 10.5. The van der Waals surface area contributed by atoms with Crippen molar-refractivity contribution >= 4 is 28.3 Å². The second-order valence-electron chi connectivity index (χ2n) is 10.2. The SMILES string of the molecule is CCNc1nc2ccc(-c3ccc4c(c3)CN(C3=c5ccccc5=C(C)C(C)C(C)=C3)CCO4)cc2[nH]1. The normalized spacial score (nSPS) is 17.5. The summed E-state index contributed by atoms with van der Waals surface area (Å²) in [5.74, 6) is 2.21. The van der Waals surface area contributed by atoms with Gasteiger partial charge in [0.15, 0.2) is 0 Å². The lowest BCUT2D eigenvalue weighted by atomic mass is 9.94. The molecule has 5 nitrogen and oxygen atoms in total. The maximum atomic E-state index is 6.24. The molecule has 1 aliphatic heterocycles. The fourth-order valence-electron chi connectivity index (χ4n) is 5.52. The number of hydrogen-bond acceptors (Lipinski definition) is 4. The Morgan fingerprint density at radius 1 is 1.03 bits per heavy atom. The molecule has 2 N–H and O–H groups in total. The third kappa shape index (κ3) is 4.29. The van der Waals surface area contributed by atoms with Crippen molar-refractivity contribution in [3.8, 4) is 16.9 Å². The van der Waals surface area contributed by atoms with E-state index in [-0.39, 0.29) is 0 Å². The number of rotatable bonds is 4. The van der Waals surface area contributed by atoms with E-state index in [1.54, 1.807) is 0 Å². The van der Waals surface area contributed by atoms with Crippen LogP contribution in [0.1, 0.15) is 33.3 Å². The molecule has 1 unspecified atom stereocenters. The lowest BCUT2D eigenvalue weighted by Crippen LogP contribution is -2.35. The Morgan fingerprint density at radius 3 is 2.65 bits per heavy atom. The topological polar surface area (TPSA) is 53.2 Å². The molecule has 3 aromatic carbocycles. The molecule has 0 amide bonds. The molecule has 0 saturated carbocycles. The van der Waals surface area contributed by atoms with Crippen LogP contribution in [0.2, 0.25) is 0 Å². The van der Waals surface area contributed by atoms with Crippen LogP contribution in [-0.4, -0.2) is 34.6 Å². The van der Waals surface area contributed by atoms with Crippen molar-refractivity contribution in [3.63, 3.8) is 0 Å². The van der Waals surface area contributed by atoms with Gasteiger partial charge in [0.1, 0.15) is 12.4 Å². The molecule has 1 aliphatic carbocycles. The first-order valence-electron chi connectivity index (χ1n) is 13.2. The van der Waals surface area contributed by atoms with Crippen molar-refractivity contribution in [3.05, 3.63) is 88.3 Å². The highest BCUT2D eigenvalue weighted by Gasteiger charge is 2.21. The summed E-state index contributed by atoms with van der Waals surface area (Å²) in [7, 11) is 0. The van der Waals surface area contributed by atoms with Crippen LogP contribution in [0.5, 0.6) is 5.75 Å². The molecule has 0 radical (unpaired) electrons. The molecule has 0 spiro atoms. The maximum absolute atomic E-state index is 6.24. The minimum absolute atomic E-state index is 0.422. The van der Waals surface area contributed by atoms with E-state index in [0.717, 1.165) is 42.4 Å². The molecule has 0 fully saturated rings. The van der Waals surface area contributed by atoms with Gasteiger partial charge in [-0.05, 0) is 73.4 Å². The number of allylic oxidation sites excluding steroid dienone is 1. The van der Waals surface area contributed by atoms with Crippen molar-refractivity contribution in [1.29, 1.82) is 0 Å². The van der Waals surface area contributed by atoms with Crippen LogP contribution in [-0.2, 0) is 6.54 Å². The van der Waals surface area contributed by atoms with Crippen LogP contribution < -0.4 is 20.5 Å². The molecule has 0 bridgehead atoms. The van der Waals surface area contributed by atoms with Gasteiger partial charge < -0.3 is 19.9 Å². The van der Waals surface area contributed by atoms with Crippen molar-refractivity contribution < 1.29 is 4.74 Å². The van der Waals surface area contributed by atoms with Gasteiger partial charge in [-0.25, -0.2) is 4.98 Å². The van der Waals surface area contributed by atoms with E-state index < -0.39 is 0 Å². The molecule has 1 aromatic heterocycles. The van der Waals surface area contributed by atoms with Crippen molar-refractivity contribution in [2.75, 3.05) is 25.0 Å². The maximum Gasteiger partial charge on any atom is 0.201 e. The Balaban J connectivity index is 1.41. The van der Waals surface area contributed by atoms with Gasteiger partial charge in [-0.1, -0.05) is 54.5 Å². The van der Waals surface area contributed by atoms with Gasteiger partial charge in [-0.2, -0.15) is 0 Å². The Kier molecular flexibility index (Phi) is 5.99. The van der Waals surface area contributed by atoms with Crippen molar-refractivity contribution in [1.82, 2.24) is 14.9 Å². The van der Waals surface area contributed by atoms with Crippen molar-refractivity contribution in [2.24, 2.45) is 5.92 Å². The van der Waals surface area contributed by atoms with Gasteiger partial charge in [0.2, 0.25) is 5.95 Å². The van der Waals surface area contributed by atoms with Gasteiger partial charge in [0, 0.05) is 29.6 Å². The Hall–Kier alpha value is -3.99. The second-order valence-corrected chi connectivity index (χ2v) is 10.2. The standard InChI is InChI=1S/C32H34N4O/c1-5-33-32-34-28-12-10-24(18-29(28)35-32)23-11-13-31-25(17-23)19-36(14-15-37-31)30-16-20(2)21(3)22(4)26-8-6-7-9-27(26)30/h6-13,16-18,21H,5,14-15,19H2,1-4H3,(H2,33,34,35). The molecule has 37 heavy (non-hydrogen) atoms. The van der Waals surface area contributed by atoms with Crippen LogP contribution in [0.25, 0.3) is 33.4 Å². The van der Waals surface area contributed by atoms with Gasteiger partial charge in [0.05, 0.1) is 17.6 Å². The summed E-state index contributed by atoms with van der Waals surface area (Å²) in [6.07, 6.45) is 2.39. The number of nitrogens with one attached hydrogen (secondary N) is 2. The average Bonchev–Trinajstić information content (AvgIpc) is 3.15. The summed E-state index contributed by atoms with van der Waals surface area (Å²) < 4.78 is 6.24. The number of fused-ring (bicyclic) bond motifs is 3. The van der Waals surface area contributed by atoms with Gasteiger partial charge >= 0.3 is 0 Å². The number of H-pyrrole nitrogens is 1. The Labute approximate surface area is 218 Å². The number of imidazole rings is 1. The smallest absolute Gasteiger partial charge is 0.201 e. The molecular weight excluding hydrogens is 456 g/mol. The van der Waals surface area contributed by atoms with E-state index in [4.69, 9.17) is 4.74 Å². The first kappa shape index (κ1) is 23.4. The lowest BCUT2D eigenvalue weighted by molar-refractivity contribution is 0.283. The molecule has 6 rings (SSSR count). The van der Waals surface area contributed by atoms with E-state index in [1.807, 2.05) is 0 Å². The van der Waals surface area contributed by atoms with Crippen LogP contribution >= 0.6 is 0 Å². The molecular formula is C32H34N4O. The molecule has 2 heterocycles. The number of aromatic nitrogens is 2. The Morgan fingerprint density at radius 2 is 1.81 bits per heavy atom. The van der Waals surface area contributed by atoms with Crippen LogP contribution in [0, 0.1) is 5.92 Å². The monoisotopic (exact) mass is 490 g/mol. The Bertz CT molecular complexity index is 1650. The molecule has 0 saturated heterocycles.